The molecule has 4 aromatic rings. The molecule has 0 atom stereocenters. The molecule has 1 amide bonds. The first-order valence-corrected chi connectivity index (χ1v) is 13.0. The summed E-state index contributed by atoms with van der Waals surface area (Å²) in [6, 6.07) is 21.5. The van der Waals surface area contributed by atoms with Crippen molar-refractivity contribution in [2.45, 2.75) is 39.0 Å². The molecule has 0 spiro atoms. The molecule has 43 heavy (non-hydrogen) atoms. The average Bonchev–Trinajstić information content (AvgIpc) is 2.96. The van der Waals surface area contributed by atoms with Gasteiger partial charge in [-0.2, -0.15) is 36.9 Å². The highest BCUT2D eigenvalue weighted by Gasteiger charge is 2.37. The fourth-order valence-electron chi connectivity index (χ4n) is 4.94. The Morgan fingerprint density at radius 2 is 1.12 bits per heavy atom. The van der Waals surface area contributed by atoms with Crippen molar-refractivity contribution < 1.29 is 31.1 Å². The van der Waals surface area contributed by atoms with E-state index in [0.29, 0.717) is 40.2 Å². The number of nitriles is 2. The quantitative estimate of drug-likeness (QED) is 0.210. The van der Waals surface area contributed by atoms with E-state index in [1.165, 1.54) is 17.0 Å². The summed E-state index contributed by atoms with van der Waals surface area (Å²) in [5, 5.41) is 19.3. The summed E-state index contributed by atoms with van der Waals surface area (Å²) in [7, 11) is 0. The molecular weight excluding hydrogens is 568 g/mol. The largest absolute Gasteiger partial charge is 0.416 e. The van der Waals surface area contributed by atoms with Crippen LogP contribution in [0.25, 0.3) is 11.1 Å². The second kappa shape index (κ2) is 12.0. The maximum absolute atomic E-state index is 13.7. The van der Waals surface area contributed by atoms with Gasteiger partial charge in [0.05, 0.1) is 33.6 Å². The Morgan fingerprint density at radius 1 is 0.698 bits per heavy atom. The predicted octanol–water partition coefficient (Wildman–Crippen LogP) is 9.05. The van der Waals surface area contributed by atoms with Crippen LogP contribution in [0.5, 0.6) is 0 Å². The van der Waals surface area contributed by atoms with E-state index in [1.807, 2.05) is 0 Å². The van der Waals surface area contributed by atoms with E-state index in [9.17, 15) is 41.7 Å². The fourth-order valence-corrected chi connectivity index (χ4v) is 4.94. The van der Waals surface area contributed by atoms with Gasteiger partial charge < -0.3 is 0 Å². The Morgan fingerprint density at radius 3 is 1.53 bits per heavy atom. The van der Waals surface area contributed by atoms with Gasteiger partial charge in [0.25, 0.3) is 0 Å². The zero-order valence-electron chi connectivity index (χ0n) is 22.9. The number of anilines is 2. The standard InChI is InChI=1S/C33H23F6N3O/c1-20-13-24(25-15-26(32(34,35)36)17-27(16-25)33(37,38)39)14-21(2)28(20)11-12-31(43)42(29-9-5-3-7-22(29)18-40)30-10-6-4-8-23(30)19-41/h3-10,13-17H,11-12H2,1-2H3. The number of halogens is 6. The van der Waals surface area contributed by atoms with Crippen molar-refractivity contribution in [3.63, 3.8) is 0 Å². The number of alkyl halides is 6. The Labute approximate surface area is 244 Å². The maximum Gasteiger partial charge on any atom is 0.416 e. The first-order valence-electron chi connectivity index (χ1n) is 13.0. The van der Waals surface area contributed by atoms with Crippen LogP contribution >= 0.6 is 0 Å². The van der Waals surface area contributed by atoms with Crippen molar-refractivity contribution in [2.24, 2.45) is 0 Å². The SMILES string of the molecule is Cc1cc(-c2cc(C(F)(F)F)cc(C(F)(F)F)c2)cc(C)c1CCC(=O)N(c1ccccc1C#N)c1ccccc1C#N. The number of aryl methyl sites for hydroxylation is 2. The van der Waals surface area contributed by atoms with E-state index >= 15 is 0 Å². The lowest BCUT2D eigenvalue weighted by Gasteiger charge is -2.25. The number of hydrogen-bond acceptors (Lipinski definition) is 3. The van der Waals surface area contributed by atoms with Gasteiger partial charge in [0.1, 0.15) is 12.1 Å². The Hall–Kier alpha value is -5.09. The second-order valence-corrected chi connectivity index (χ2v) is 9.87. The number of carbonyl (C=O) groups is 1. The first kappa shape index (κ1) is 30.9. The van der Waals surface area contributed by atoms with Gasteiger partial charge in [-0.25, -0.2) is 0 Å². The molecule has 4 nitrogen and oxygen atoms in total. The van der Waals surface area contributed by atoms with Gasteiger partial charge in [-0.3, -0.25) is 9.69 Å². The number of para-hydroxylation sites is 2. The second-order valence-electron chi connectivity index (χ2n) is 9.87. The average molecular weight is 592 g/mol. The molecule has 0 heterocycles. The number of benzene rings is 4. The van der Waals surface area contributed by atoms with Crippen molar-refractivity contribution in [1.82, 2.24) is 0 Å². The molecule has 0 N–H and O–H groups in total. The minimum Gasteiger partial charge on any atom is -0.278 e. The topological polar surface area (TPSA) is 67.9 Å². The fraction of sp³-hybridized carbons (Fsp3) is 0.182. The molecule has 0 aliphatic rings. The highest BCUT2D eigenvalue weighted by Crippen LogP contribution is 2.39. The van der Waals surface area contributed by atoms with Gasteiger partial charge in [0.15, 0.2) is 0 Å². The van der Waals surface area contributed by atoms with Crippen molar-refractivity contribution in [3.8, 4) is 23.3 Å². The molecule has 0 unspecified atom stereocenters. The Balaban J connectivity index is 1.70. The van der Waals surface area contributed by atoms with Crippen LogP contribution in [-0.4, -0.2) is 5.91 Å². The third-order valence-corrected chi connectivity index (χ3v) is 6.99. The number of rotatable bonds is 6. The van der Waals surface area contributed by atoms with Gasteiger partial charge in [-0.1, -0.05) is 36.4 Å². The van der Waals surface area contributed by atoms with Crippen LogP contribution in [-0.2, 0) is 23.6 Å². The summed E-state index contributed by atoms with van der Waals surface area (Å²) in [6.07, 6.45) is -9.82. The molecule has 0 aromatic heterocycles. The summed E-state index contributed by atoms with van der Waals surface area (Å²) >= 11 is 0. The zero-order valence-corrected chi connectivity index (χ0v) is 22.9. The maximum atomic E-state index is 13.7. The van der Waals surface area contributed by atoms with Crippen LogP contribution in [0.4, 0.5) is 37.7 Å². The molecular formula is C33H23F6N3O. The normalized spacial score (nSPS) is 11.5. The van der Waals surface area contributed by atoms with Crippen LogP contribution in [0.15, 0.2) is 78.9 Å². The van der Waals surface area contributed by atoms with Crippen LogP contribution in [0, 0.1) is 36.5 Å². The lowest BCUT2D eigenvalue weighted by Crippen LogP contribution is -2.27. The van der Waals surface area contributed by atoms with Crippen LogP contribution < -0.4 is 4.90 Å². The molecule has 218 valence electrons. The summed E-state index contributed by atoms with van der Waals surface area (Å²) in [5.74, 6) is -0.416. The molecule has 0 aliphatic carbocycles. The lowest BCUT2D eigenvalue weighted by atomic mass is 9.91. The minimum absolute atomic E-state index is 0.0671. The molecule has 0 radical (unpaired) electrons. The molecule has 4 rings (SSSR count). The minimum atomic E-state index is -4.97. The smallest absolute Gasteiger partial charge is 0.278 e. The van der Waals surface area contributed by atoms with Gasteiger partial charge in [-0.15, -0.1) is 0 Å². The van der Waals surface area contributed by atoms with Crippen molar-refractivity contribution in [2.75, 3.05) is 4.90 Å². The molecule has 4 aromatic carbocycles. The van der Waals surface area contributed by atoms with Gasteiger partial charge in [0.2, 0.25) is 5.91 Å². The van der Waals surface area contributed by atoms with Crippen LogP contribution in [0.1, 0.15) is 45.4 Å². The van der Waals surface area contributed by atoms with E-state index in [-0.39, 0.29) is 41.2 Å². The monoisotopic (exact) mass is 591 g/mol. The Kier molecular flexibility index (Phi) is 8.63. The third-order valence-electron chi connectivity index (χ3n) is 6.99. The van der Waals surface area contributed by atoms with Crippen molar-refractivity contribution >= 4 is 17.3 Å². The van der Waals surface area contributed by atoms with Gasteiger partial charge in [0, 0.05) is 6.42 Å². The highest BCUT2D eigenvalue weighted by molar-refractivity contribution is 6.02. The Bertz CT molecular complexity index is 1660. The molecule has 0 fully saturated rings. The number of amides is 1. The summed E-state index contributed by atoms with van der Waals surface area (Å²) in [4.78, 5) is 15.0. The van der Waals surface area contributed by atoms with Gasteiger partial charge >= 0.3 is 12.4 Å². The molecule has 0 bridgehead atoms. The van der Waals surface area contributed by atoms with Crippen LogP contribution in [0.2, 0.25) is 0 Å². The molecule has 0 saturated carbocycles. The summed E-state index contributed by atoms with van der Waals surface area (Å²) in [6.45, 7) is 3.34. The van der Waals surface area contributed by atoms with E-state index in [2.05, 4.69) is 12.1 Å². The third kappa shape index (κ3) is 6.70. The molecule has 10 heteroatoms. The van der Waals surface area contributed by atoms with E-state index < -0.39 is 29.4 Å². The predicted molar refractivity (Wildman–Crippen MR) is 149 cm³/mol. The van der Waals surface area contributed by atoms with Crippen LogP contribution in [0.3, 0.4) is 0 Å². The van der Waals surface area contributed by atoms with E-state index in [4.69, 9.17) is 0 Å². The lowest BCUT2D eigenvalue weighted by molar-refractivity contribution is -0.143. The highest BCUT2D eigenvalue weighted by atomic mass is 19.4. The summed E-state index contributed by atoms with van der Waals surface area (Å²) < 4.78 is 80.5. The molecule has 0 aliphatic heterocycles. The van der Waals surface area contributed by atoms with Crippen molar-refractivity contribution in [1.29, 1.82) is 10.5 Å². The number of nitrogens with zero attached hydrogens (tertiary/aromatic N) is 3. The van der Waals surface area contributed by atoms with E-state index in [0.717, 1.165) is 0 Å². The number of hydrogen-bond donors (Lipinski definition) is 0. The summed E-state index contributed by atoms with van der Waals surface area (Å²) in [5.41, 5.74) is 0.0257. The zero-order chi connectivity index (χ0) is 31.5. The van der Waals surface area contributed by atoms with Gasteiger partial charge in [-0.05, 0) is 90.6 Å². The van der Waals surface area contributed by atoms with E-state index in [1.54, 1.807) is 62.4 Å². The van der Waals surface area contributed by atoms with Crippen molar-refractivity contribution in [3.05, 3.63) is 118 Å². The number of carbonyl (C=O) groups excluding carboxylic acids is 1. The first-order chi connectivity index (χ1) is 20.2. The molecule has 0 saturated heterocycles.